The van der Waals surface area contributed by atoms with Crippen LogP contribution in [0.4, 0.5) is 4.39 Å². The Kier molecular flexibility index (Phi) is 6.40. The van der Waals surface area contributed by atoms with Crippen LogP contribution in [0.2, 0.25) is 0 Å². The molecule has 0 spiro atoms. The number of amides is 1. The summed E-state index contributed by atoms with van der Waals surface area (Å²) in [6.07, 6.45) is 2.34. The molecule has 0 saturated carbocycles. The van der Waals surface area contributed by atoms with Gasteiger partial charge in [0.25, 0.3) is 11.7 Å². The Morgan fingerprint density at radius 3 is 2.59 bits per heavy atom. The van der Waals surface area contributed by atoms with Crippen molar-refractivity contribution in [3.8, 4) is 11.5 Å². The number of halogens is 1. The van der Waals surface area contributed by atoms with Gasteiger partial charge in [-0.15, -0.1) is 0 Å². The minimum atomic E-state index is -0.935. The van der Waals surface area contributed by atoms with Crippen LogP contribution in [0, 0.1) is 5.82 Å². The number of ether oxygens (including phenoxy) is 1. The number of ketones is 1. The standard InChI is InChI=1S/C29H25FN2O5/c1-2-37-24-15-18(9-12-23(24)33)26-25(27(34)17-7-10-20(30)11-8-17)28(35)29(36)32(26)14-13-19-16-31-22-6-4-3-5-21(19)22/h3-12,15-16,26,31,33-34H,2,13-14H2,1H3/t26-/m1/s1. The van der Waals surface area contributed by atoms with Crippen LogP contribution in [-0.2, 0) is 16.0 Å². The SMILES string of the molecule is CCOc1cc([C@@H]2C(=C(O)c3ccc(F)cc3)C(=O)C(=O)N2CCc2c[nH]c3ccccc23)ccc1O. The van der Waals surface area contributed by atoms with E-state index in [1.165, 1.54) is 35.2 Å². The lowest BCUT2D eigenvalue weighted by Gasteiger charge is -2.26. The highest BCUT2D eigenvalue weighted by molar-refractivity contribution is 6.46. The van der Waals surface area contributed by atoms with Gasteiger partial charge in [-0.2, -0.15) is 0 Å². The molecule has 2 heterocycles. The Hall–Kier alpha value is -4.59. The van der Waals surface area contributed by atoms with E-state index in [0.29, 0.717) is 18.6 Å². The number of rotatable bonds is 7. The van der Waals surface area contributed by atoms with Crippen molar-refractivity contribution in [2.45, 2.75) is 19.4 Å². The zero-order valence-electron chi connectivity index (χ0n) is 20.1. The quantitative estimate of drug-likeness (QED) is 0.187. The molecule has 1 aliphatic rings. The molecule has 37 heavy (non-hydrogen) atoms. The molecule has 1 fully saturated rings. The van der Waals surface area contributed by atoms with Gasteiger partial charge in [-0.3, -0.25) is 9.59 Å². The topological polar surface area (TPSA) is 103 Å². The lowest BCUT2D eigenvalue weighted by Crippen LogP contribution is -2.31. The lowest BCUT2D eigenvalue weighted by atomic mass is 9.94. The van der Waals surface area contributed by atoms with Gasteiger partial charge >= 0.3 is 0 Å². The summed E-state index contributed by atoms with van der Waals surface area (Å²) in [5.41, 5.74) is 2.54. The van der Waals surface area contributed by atoms with Crippen LogP contribution in [0.3, 0.4) is 0 Å². The van der Waals surface area contributed by atoms with Gasteiger partial charge in [-0.25, -0.2) is 4.39 Å². The fourth-order valence-electron chi connectivity index (χ4n) is 4.77. The van der Waals surface area contributed by atoms with Crippen molar-refractivity contribution in [1.29, 1.82) is 0 Å². The molecule has 4 aromatic rings. The van der Waals surface area contributed by atoms with Gasteiger partial charge in [0, 0.05) is 29.2 Å². The number of phenols is 1. The Morgan fingerprint density at radius 2 is 1.84 bits per heavy atom. The average Bonchev–Trinajstić information content (AvgIpc) is 3.42. The minimum absolute atomic E-state index is 0.0834. The van der Waals surface area contributed by atoms with E-state index in [1.807, 2.05) is 30.5 Å². The second-order valence-electron chi connectivity index (χ2n) is 8.77. The maximum atomic E-state index is 13.5. The molecule has 188 valence electrons. The molecule has 0 unspecified atom stereocenters. The number of aliphatic hydroxyl groups is 1. The van der Waals surface area contributed by atoms with Crippen molar-refractivity contribution < 1.29 is 28.9 Å². The van der Waals surface area contributed by atoms with Gasteiger partial charge < -0.3 is 24.8 Å². The third-order valence-electron chi connectivity index (χ3n) is 6.55. The summed E-state index contributed by atoms with van der Waals surface area (Å²) in [7, 11) is 0. The minimum Gasteiger partial charge on any atom is -0.507 e. The lowest BCUT2D eigenvalue weighted by molar-refractivity contribution is -0.139. The van der Waals surface area contributed by atoms with E-state index < -0.39 is 29.3 Å². The summed E-state index contributed by atoms with van der Waals surface area (Å²) in [5.74, 6) is -2.36. The predicted molar refractivity (Wildman–Crippen MR) is 137 cm³/mol. The molecule has 1 aliphatic heterocycles. The van der Waals surface area contributed by atoms with Crippen molar-refractivity contribution in [1.82, 2.24) is 9.88 Å². The molecule has 1 saturated heterocycles. The third kappa shape index (κ3) is 4.42. The van der Waals surface area contributed by atoms with Crippen LogP contribution in [0.25, 0.3) is 16.7 Å². The van der Waals surface area contributed by atoms with E-state index in [9.17, 15) is 24.2 Å². The number of nitrogens with zero attached hydrogens (tertiary/aromatic N) is 1. The first-order chi connectivity index (χ1) is 17.9. The number of hydrogen-bond acceptors (Lipinski definition) is 5. The number of H-pyrrole nitrogens is 1. The van der Waals surface area contributed by atoms with Gasteiger partial charge in [0.1, 0.15) is 11.6 Å². The maximum Gasteiger partial charge on any atom is 0.295 e. The second kappa shape index (κ2) is 9.81. The molecule has 0 bridgehead atoms. The van der Waals surface area contributed by atoms with E-state index in [1.54, 1.807) is 19.1 Å². The summed E-state index contributed by atoms with van der Waals surface area (Å²) in [6.45, 7) is 2.27. The number of aromatic nitrogens is 1. The third-order valence-corrected chi connectivity index (χ3v) is 6.55. The molecule has 7 nitrogen and oxygen atoms in total. The molecule has 1 atom stereocenters. The highest BCUT2D eigenvalue weighted by Gasteiger charge is 2.46. The molecule has 1 amide bonds. The number of nitrogens with one attached hydrogen (secondary N) is 1. The summed E-state index contributed by atoms with van der Waals surface area (Å²) in [6, 6.07) is 16.5. The molecule has 1 aromatic heterocycles. The van der Waals surface area contributed by atoms with Gasteiger partial charge in [-0.05, 0) is 66.9 Å². The molecular weight excluding hydrogens is 475 g/mol. The number of fused-ring (bicyclic) bond motifs is 1. The number of benzene rings is 3. The van der Waals surface area contributed by atoms with Crippen LogP contribution >= 0.6 is 0 Å². The zero-order valence-corrected chi connectivity index (χ0v) is 20.1. The smallest absolute Gasteiger partial charge is 0.295 e. The number of carbonyl (C=O) groups is 2. The van der Waals surface area contributed by atoms with Crippen molar-refractivity contribution in [3.63, 3.8) is 0 Å². The van der Waals surface area contributed by atoms with Gasteiger partial charge in [0.15, 0.2) is 11.5 Å². The van der Waals surface area contributed by atoms with E-state index in [-0.39, 0.29) is 29.2 Å². The number of aromatic amines is 1. The predicted octanol–water partition coefficient (Wildman–Crippen LogP) is 5.08. The van der Waals surface area contributed by atoms with Crippen molar-refractivity contribution in [3.05, 3.63) is 101 Å². The molecule has 0 radical (unpaired) electrons. The van der Waals surface area contributed by atoms with Gasteiger partial charge in [-0.1, -0.05) is 24.3 Å². The average molecular weight is 501 g/mol. The van der Waals surface area contributed by atoms with Crippen LogP contribution < -0.4 is 4.74 Å². The summed E-state index contributed by atoms with van der Waals surface area (Å²) >= 11 is 0. The first kappa shape index (κ1) is 24.1. The van der Waals surface area contributed by atoms with Crippen LogP contribution in [-0.4, -0.2) is 44.9 Å². The second-order valence-corrected chi connectivity index (χ2v) is 8.77. The maximum absolute atomic E-state index is 13.5. The number of hydrogen-bond donors (Lipinski definition) is 3. The number of Topliss-reactive ketones (excluding diaryl/α,β-unsaturated/α-hetero) is 1. The van der Waals surface area contributed by atoms with Crippen molar-refractivity contribution in [2.75, 3.05) is 13.2 Å². The van der Waals surface area contributed by atoms with E-state index in [0.717, 1.165) is 16.5 Å². The van der Waals surface area contributed by atoms with Gasteiger partial charge in [0.2, 0.25) is 0 Å². The Bertz CT molecular complexity index is 1520. The zero-order chi connectivity index (χ0) is 26.1. The Balaban J connectivity index is 1.59. The monoisotopic (exact) mass is 500 g/mol. The van der Waals surface area contributed by atoms with E-state index in [4.69, 9.17) is 4.74 Å². The molecule has 5 rings (SSSR count). The molecule has 0 aliphatic carbocycles. The fourth-order valence-corrected chi connectivity index (χ4v) is 4.77. The van der Waals surface area contributed by atoms with E-state index >= 15 is 0 Å². The van der Waals surface area contributed by atoms with Crippen LogP contribution in [0.1, 0.15) is 29.7 Å². The fraction of sp³-hybridized carbons (Fsp3) is 0.172. The normalized spacial score (nSPS) is 17.0. The van der Waals surface area contributed by atoms with Crippen molar-refractivity contribution >= 4 is 28.4 Å². The summed E-state index contributed by atoms with van der Waals surface area (Å²) < 4.78 is 19.0. The number of aromatic hydroxyl groups is 1. The molecular formula is C29H25FN2O5. The number of aliphatic hydroxyl groups excluding tert-OH is 1. The van der Waals surface area contributed by atoms with Gasteiger partial charge in [0.05, 0.1) is 18.2 Å². The molecule has 3 aromatic carbocycles. The highest BCUT2D eigenvalue weighted by Crippen LogP contribution is 2.42. The largest absolute Gasteiger partial charge is 0.507 e. The molecule has 8 heteroatoms. The van der Waals surface area contributed by atoms with Crippen LogP contribution in [0.5, 0.6) is 11.5 Å². The summed E-state index contributed by atoms with van der Waals surface area (Å²) in [5, 5.41) is 22.4. The van der Waals surface area contributed by atoms with Crippen LogP contribution in [0.15, 0.2) is 78.5 Å². The Morgan fingerprint density at radius 1 is 1.08 bits per heavy atom. The number of likely N-dealkylation sites (tertiary alicyclic amines) is 1. The Labute approximate surface area is 212 Å². The highest BCUT2D eigenvalue weighted by atomic mass is 19.1. The molecule has 3 N–H and O–H groups in total. The first-order valence-electron chi connectivity index (χ1n) is 11.9. The van der Waals surface area contributed by atoms with E-state index in [2.05, 4.69) is 4.98 Å². The summed E-state index contributed by atoms with van der Waals surface area (Å²) in [4.78, 5) is 31.2. The number of carbonyl (C=O) groups excluding carboxylic acids is 2. The number of phenolic OH excluding ortho intramolecular Hbond substituents is 1. The van der Waals surface area contributed by atoms with Crippen molar-refractivity contribution in [2.24, 2.45) is 0 Å². The first-order valence-corrected chi connectivity index (χ1v) is 11.9. The number of para-hydroxylation sites is 1.